The smallest absolute Gasteiger partial charge is 0.172 e. The highest BCUT2D eigenvalue weighted by Crippen LogP contribution is 2.11. The molecule has 0 aliphatic carbocycles. The van der Waals surface area contributed by atoms with Gasteiger partial charge in [0.25, 0.3) is 0 Å². The van der Waals surface area contributed by atoms with E-state index >= 15 is 0 Å². The molecule has 16 heavy (non-hydrogen) atoms. The molecule has 2 aromatic rings. The molecule has 0 unspecified atom stereocenters. The summed E-state index contributed by atoms with van der Waals surface area (Å²) in [6.07, 6.45) is 0.709. The first-order valence-electron chi connectivity index (χ1n) is 4.80. The molecule has 0 fully saturated rings. The van der Waals surface area contributed by atoms with Crippen molar-refractivity contribution in [2.24, 2.45) is 0 Å². The van der Waals surface area contributed by atoms with E-state index in [1.165, 1.54) is 0 Å². The molecule has 0 N–H and O–H groups in total. The second-order valence-electron chi connectivity index (χ2n) is 3.46. The van der Waals surface area contributed by atoms with Gasteiger partial charge in [-0.25, -0.2) is 4.68 Å². The third-order valence-electron chi connectivity index (χ3n) is 2.38. The van der Waals surface area contributed by atoms with E-state index in [0.717, 1.165) is 11.3 Å². The highest BCUT2D eigenvalue weighted by Gasteiger charge is 2.07. The first kappa shape index (κ1) is 10.8. The lowest BCUT2D eigenvalue weighted by Crippen LogP contribution is -2.04. The van der Waals surface area contributed by atoms with Crippen molar-refractivity contribution in [2.75, 3.05) is 0 Å². The Labute approximate surface area is 97.8 Å². The van der Waals surface area contributed by atoms with E-state index in [1.54, 1.807) is 4.68 Å². The molecule has 0 spiro atoms. The molecule has 0 saturated heterocycles. The summed E-state index contributed by atoms with van der Waals surface area (Å²) in [5.74, 6) is 0. The van der Waals surface area contributed by atoms with Crippen molar-refractivity contribution in [1.29, 1.82) is 0 Å². The van der Waals surface area contributed by atoms with Crippen LogP contribution in [0.15, 0.2) is 24.3 Å². The van der Waals surface area contributed by atoms with Gasteiger partial charge in [0.05, 0.1) is 12.2 Å². The van der Waals surface area contributed by atoms with Crippen LogP contribution in [0, 0.1) is 6.92 Å². The molecule has 0 atom stereocenters. The Morgan fingerprint density at radius 2 is 2.06 bits per heavy atom. The van der Waals surface area contributed by atoms with Gasteiger partial charge in [0.15, 0.2) is 6.29 Å². The van der Waals surface area contributed by atoms with Gasteiger partial charge < -0.3 is 0 Å². The molecule has 2 rings (SSSR count). The first-order chi connectivity index (χ1) is 7.70. The lowest BCUT2D eigenvalue weighted by molar-refractivity contribution is 0.111. The molecule has 0 aliphatic heterocycles. The van der Waals surface area contributed by atoms with Crippen molar-refractivity contribution >= 4 is 17.9 Å². The quantitative estimate of drug-likeness (QED) is 0.766. The Kier molecular flexibility index (Phi) is 3.01. The maximum Gasteiger partial charge on any atom is 0.172 e. The number of halogens is 1. The van der Waals surface area contributed by atoms with Crippen molar-refractivity contribution < 1.29 is 4.79 Å². The van der Waals surface area contributed by atoms with Crippen molar-refractivity contribution in [1.82, 2.24) is 15.0 Å². The molecule has 1 heterocycles. The van der Waals surface area contributed by atoms with E-state index < -0.39 is 0 Å². The fourth-order valence-electron chi connectivity index (χ4n) is 1.40. The maximum atomic E-state index is 10.6. The summed E-state index contributed by atoms with van der Waals surface area (Å²) in [7, 11) is 0. The molecule has 0 aliphatic rings. The Hall–Kier alpha value is -1.68. The molecular weight excluding hydrogens is 226 g/mol. The van der Waals surface area contributed by atoms with Crippen LogP contribution >= 0.6 is 11.6 Å². The molecule has 1 aromatic heterocycles. The molecule has 1 aromatic carbocycles. The fourth-order valence-corrected chi connectivity index (χ4v) is 1.52. The first-order valence-corrected chi connectivity index (χ1v) is 5.18. The Morgan fingerprint density at radius 1 is 1.38 bits per heavy atom. The highest BCUT2D eigenvalue weighted by molar-refractivity contribution is 6.30. The zero-order valence-electron chi connectivity index (χ0n) is 8.72. The SMILES string of the molecule is Cc1c(C=O)nnn1Cc1ccc(Cl)cc1. The largest absolute Gasteiger partial charge is 0.296 e. The second-order valence-corrected chi connectivity index (χ2v) is 3.90. The number of nitrogens with zero attached hydrogens (tertiary/aromatic N) is 3. The van der Waals surface area contributed by atoms with Gasteiger partial charge in [0.1, 0.15) is 5.69 Å². The topological polar surface area (TPSA) is 47.8 Å². The van der Waals surface area contributed by atoms with Gasteiger partial charge in [-0.05, 0) is 24.6 Å². The van der Waals surface area contributed by atoms with E-state index in [1.807, 2.05) is 31.2 Å². The predicted molar refractivity (Wildman–Crippen MR) is 60.7 cm³/mol. The minimum absolute atomic E-state index is 0.383. The van der Waals surface area contributed by atoms with Crippen LogP contribution in [-0.2, 0) is 6.54 Å². The monoisotopic (exact) mass is 235 g/mol. The average Bonchev–Trinajstić information content (AvgIpc) is 2.63. The molecule has 0 radical (unpaired) electrons. The zero-order chi connectivity index (χ0) is 11.5. The van der Waals surface area contributed by atoms with Crippen molar-refractivity contribution in [3.8, 4) is 0 Å². The Balaban J connectivity index is 2.23. The minimum Gasteiger partial charge on any atom is -0.296 e. The number of benzene rings is 1. The van der Waals surface area contributed by atoms with E-state index in [9.17, 15) is 4.79 Å². The summed E-state index contributed by atoms with van der Waals surface area (Å²) >= 11 is 5.79. The second kappa shape index (κ2) is 4.45. The van der Waals surface area contributed by atoms with Crippen LogP contribution in [0.25, 0.3) is 0 Å². The lowest BCUT2D eigenvalue weighted by atomic mass is 10.2. The highest BCUT2D eigenvalue weighted by atomic mass is 35.5. The van der Waals surface area contributed by atoms with Crippen LogP contribution in [0.4, 0.5) is 0 Å². The van der Waals surface area contributed by atoms with Gasteiger partial charge in [-0.3, -0.25) is 4.79 Å². The van der Waals surface area contributed by atoms with Crippen molar-refractivity contribution in [2.45, 2.75) is 13.5 Å². The summed E-state index contributed by atoms with van der Waals surface area (Å²) in [6, 6.07) is 7.49. The number of carbonyl (C=O) groups excluding carboxylic acids is 1. The van der Waals surface area contributed by atoms with Crippen molar-refractivity contribution in [3.05, 3.63) is 46.2 Å². The van der Waals surface area contributed by atoms with Crippen LogP contribution < -0.4 is 0 Å². The summed E-state index contributed by atoms with van der Waals surface area (Å²) < 4.78 is 1.69. The van der Waals surface area contributed by atoms with Crippen LogP contribution in [0.5, 0.6) is 0 Å². The summed E-state index contributed by atoms with van der Waals surface area (Å²) in [6.45, 7) is 2.41. The molecule has 82 valence electrons. The fraction of sp³-hybridized carbons (Fsp3) is 0.182. The molecule has 0 saturated carbocycles. The minimum atomic E-state index is 0.383. The van der Waals surface area contributed by atoms with Gasteiger partial charge in [-0.1, -0.05) is 28.9 Å². The molecule has 5 heteroatoms. The summed E-state index contributed by atoms with van der Waals surface area (Å²) in [5.41, 5.74) is 2.22. The van der Waals surface area contributed by atoms with E-state index in [4.69, 9.17) is 11.6 Å². The standard InChI is InChI=1S/C11H10ClN3O/c1-8-11(7-16)13-14-15(8)6-9-2-4-10(12)5-3-9/h2-5,7H,6H2,1H3. The number of carbonyl (C=O) groups is 1. The van der Waals surface area contributed by atoms with E-state index in [2.05, 4.69) is 10.3 Å². The zero-order valence-corrected chi connectivity index (χ0v) is 9.48. The van der Waals surface area contributed by atoms with Crippen molar-refractivity contribution in [3.63, 3.8) is 0 Å². The number of aromatic nitrogens is 3. The number of aldehydes is 1. The summed E-state index contributed by atoms with van der Waals surface area (Å²) in [5, 5.41) is 8.37. The molecule has 4 nitrogen and oxygen atoms in total. The van der Waals surface area contributed by atoms with Crippen LogP contribution in [0.2, 0.25) is 5.02 Å². The molecule has 0 bridgehead atoms. The van der Waals surface area contributed by atoms with E-state index in [0.29, 0.717) is 23.5 Å². The van der Waals surface area contributed by atoms with Crippen LogP contribution in [0.1, 0.15) is 21.7 Å². The lowest BCUT2D eigenvalue weighted by Gasteiger charge is -2.03. The average molecular weight is 236 g/mol. The van der Waals surface area contributed by atoms with Gasteiger partial charge >= 0.3 is 0 Å². The number of hydrogen-bond acceptors (Lipinski definition) is 3. The third-order valence-corrected chi connectivity index (χ3v) is 2.63. The summed E-state index contributed by atoms with van der Waals surface area (Å²) in [4.78, 5) is 10.6. The van der Waals surface area contributed by atoms with Crippen LogP contribution in [-0.4, -0.2) is 21.3 Å². The number of hydrogen-bond donors (Lipinski definition) is 0. The van der Waals surface area contributed by atoms with Gasteiger partial charge in [-0.2, -0.15) is 0 Å². The van der Waals surface area contributed by atoms with Gasteiger partial charge in [-0.15, -0.1) is 5.10 Å². The van der Waals surface area contributed by atoms with Gasteiger partial charge in [0, 0.05) is 5.02 Å². The van der Waals surface area contributed by atoms with E-state index in [-0.39, 0.29) is 0 Å². The van der Waals surface area contributed by atoms with Crippen LogP contribution in [0.3, 0.4) is 0 Å². The molecular formula is C11H10ClN3O. The van der Waals surface area contributed by atoms with Gasteiger partial charge in [0.2, 0.25) is 0 Å². The third kappa shape index (κ3) is 2.12. The normalized spacial score (nSPS) is 10.4. The maximum absolute atomic E-state index is 10.6. The Morgan fingerprint density at radius 3 is 2.62 bits per heavy atom. The predicted octanol–water partition coefficient (Wildman–Crippen LogP) is 2.10. The Bertz CT molecular complexity index is 504. The molecule has 0 amide bonds. The number of rotatable bonds is 3.